The van der Waals surface area contributed by atoms with Crippen LogP contribution in [0, 0.1) is 0 Å². The van der Waals surface area contributed by atoms with Crippen LogP contribution in [0.25, 0.3) is 0 Å². The summed E-state index contributed by atoms with van der Waals surface area (Å²) in [6.45, 7) is 2.70. The zero-order valence-electron chi connectivity index (χ0n) is 8.09. The van der Waals surface area contributed by atoms with E-state index >= 15 is 0 Å². The first-order valence-electron chi connectivity index (χ1n) is 4.19. The maximum absolute atomic E-state index is 11.4. The fourth-order valence-electron chi connectivity index (χ4n) is 1.16. The molecule has 0 aliphatic rings. The Balaban J connectivity index is 3.12. The molecule has 2 N–H and O–H groups in total. The van der Waals surface area contributed by atoms with Gasteiger partial charge in [0.15, 0.2) is 11.5 Å². The first-order chi connectivity index (χ1) is 6.24. The minimum absolute atomic E-state index is 0.122. The summed E-state index contributed by atoms with van der Waals surface area (Å²) < 4.78 is 1.80. The van der Waals surface area contributed by atoms with E-state index in [1.807, 2.05) is 6.92 Å². The number of nitrogens with one attached hydrogen (secondary N) is 2. The van der Waals surface area contributed by atoms with E-state index in [1.165, 1.54) is 0 Å². The van der Waals surface area contributed by atoms with Crippen LogP contribution in [0.15, 0.2) is 6.33 Å². The Morgan fingerprint density at radius 3 is 2.77 bits per heavy atom. The van der Waals surface area contributed by atoms with E-state index in [2.05, 4.69) is 15.6 Å². The van der Waals surface area contributed by atoms with Crippen molar-refractivity contribution in [2.75, 3.05) is 19.4 Å². The monoisotopic (exact) mass is 182 g/mol. The molecular formula is C8H14N4O. The highest BCUT2D eigenvalue weighted by Gasteiger charge is 2.15. The molecule has 5 heteroatoms. The fourth-order valence-corrected chi connectivity index (χ4v) is 1.16. The first kappa shape index (κ1) is 9.57. The third-order valence-corrected chi connectivity index (χ3v) is 1.86. The molecule has 0 atom stereocenters. The molecule has 1 amide bonds. The van der Waals surface area contributed by atoms with Crippen molar-refractivity contribution in [1.29, 1.82) is 0 Å². The number of amides is 1. The van der Waals surface area contributed by atoms with Crippen molar-refractivity contribution < 1.29 is 4.79 Å². The van der Waals surface area contributed by atoms with E-state index in [-0.39, 0.29) is 5.91 Å². The van der Waals surface area contributed by atoms with E-state index in [0.29, 0.717) is 11.5 Å². The molecule has 1 rings (SSSR count). The molecule has 0 fully saturated rings. The van der Waals surface area contributed by atoms with Gasteiger partial charge in [-0.25, -0.2) is 4.98 Å². The zero-order valence-corrected chi connectivity index (χ0v) is 8.09. The van der Waals surface area contributed by atoms with Crippen molar-refractivity contribution in [2.45, 2.75) is 13.5 Å². The number of imidazole rings is 1. The summed E-state index contributed by atoms with van der Waals surface area (Å²) >= 11 is 0. The summed E-state index contributed by atoms with van der Waals surface area (Å²) in [5, 5.41) is 5.45. The zero-order chi connectivity index (χ0) is 9.84. The van der Waals surface area contributed by atoms with E-state index in [0.717, 1.165) is 6.54 Å². The number of carbonyl (C=O) groups excluding carboxylic acids is 1. The van der Waals surface area contributed by atoms with Gasteiger partial charge in [-0.15, -0.1) is 0 Å². The molecule has 1 aromatic rings. The Bertz CT molecular complexity index is 284. The van der Waals surface area contributed by atoms with Gasteiger partial charge in [-0.3, -0.25) is 4.79 Å². The van der Waals surface area contributed by atoms with Gasteiger partial charge < -0.3 is 15.2 Å². The Labute approximate surface area is 77.2 Å². The van der Waals surface area contributed by atoms with E-state index in [1.54, 1.807) is 25.0 Å². The quantitative estimate of drug-likeness (QED) is 0.707. The second-order valence-electron chi connectivity index (χ2n) is 2.56. The molecule has 0 aliphatic heterocycles. The highest BCUT2D eigenvalue weighted by atomic mass is 16.1. The fraction of sp³-hybridized carbons (Fsp3) is 0.500. The first-order valence-corrected chi connectivity index (χ1v) is 4.19. The lowest BCUT2D eigenvalue weighted by Crippen LogP contribution is -2.22. The maximum Gasteiger partial charge on any atom is 0.271 e. The summed E-state index contributed by atoms with van der Waals surface area (Å²) in [6.07, 6.45) is 1.65. The number of aryl methyl sites for hydroxylation is 1. The smallest absolute Gasteiger partial charge is 0.271 e. The largest absolute Gasteiger partial charge is 0.371 e. The number of nitrogens with zero attached hydrogens (tertiary/aromatic N) is 2. The molecule has 0 radical (unpaired) electrons. The highest BCUT2D eigenvalue weighted by molar-refractivity contribution is 5.97. The Kier molecular flexibility index (Phi) is 2.89. The van der Waals surface area contributed by atoms with Gasteiger partial charge in [-0.1, -0.05) is 0 Å². The lowest BCUT2D eigenvalue weighted by Gasteiger charge is -2.05. The number of hydrogen-bond acceptors (Lipinski definition) is 3. The van der Waals surface area contributed by atoms with Crippen molar-refractivity contribution >= 4 is 11.7 Å². The van der Waals surface area contributed by atoms with Crippen molar-refractivity contribution in [1.82, 2.24) is 14.9 Å². The van der Waals surface area contributed by atoms with Crippen LogP contribution in [0.1, 0.15) is 17.4 Å². The van der Waals surface area contributed by atoms with Gasteiger partial charge in [0.1, 0.15) is 0 Å². The normalized spacial score (nSPS) is 9.77. The van der Waals surface area contributed by atoms with Gasteiger partial charge in [0.25, 0.3) is 5.91 Å². The van der Waals surface area contributed by atoms with E-state index < -0.39 is 0 Å². The van der Waals surface area contributed by atoms with E-state index in [9.17, 15) is 4.79 Å². The van der Waals surface area contributed by atoms with Gasteiger partial charge in [0.05, 0.1) is 6.33 Å². The predicted molar refractivity (Wildman–Crippen MR) is 50.8 cm³/mol. The van der Waals surface area contributed by atoms with Crippen LogP contribution in [0.2, 0.25) is 0 Å². The van der Waals surface area contributed by atoms with Crippen LogP contribution in [-0.4, -0.2) is 29.6 Å². The van der Waals surface area contributed by atoms with Crippen LogP contribution in [0.5, 0.6) is 0 Å². The van der Waals surface area contributed by atoms with Crippen LogP contribution in [0.4, 0.5) is 5.82 Å². The minimum Gasteiger partial charge on any atom is -0.371 e. The number of aromatic nitrogens is 2. The molecule has 72 valence electrons. The molecular weight excluding hydrogens is 168 g/mol. The molecule has 1 aromatic heterocycles. The molecule has 1 heterocycles. The summed E-state index contributed by atoms with van der Waals surface area (Å²) in [6, 6.07) is 0. The number of carbonyl (C=O) groups is 1. The van der Waals surface area contributed by atoms with Crippen LogP contribution in [-0.2, 0) is 6.54 Å². The molecule has 0 saturated heterocycles. The molecule has 5 nitrogen and oxygen atoms in total. The molecule has 0 unspecified atom stereocenters. The maximum atomic E-state index is 11.4. The lowest BCUT2D eigenvalue weighted by atomic mass is 10.4. The molecule has 0 aliphatic carbocycles. The Morgan fingerprint density at radius 1 is 1.62 bits per heavy atom. The molecule has 0 aromatic carbocycles. The van der Waals surface area contributed by atoms with Crippen LogP contribution < -0.4 is 10.6 Å². The average molecular weight is 182 g/mol. The summed E-state index contributed by atoms with van der Waals surface area (Å²) in [5.74, 6) is 0.491. The number of anilines is 1. The van der Waals surface area contributed by atoms with Gasteiger partial charge in [-0.2, -0.15) is 0 Å². The van der Waals surface area contributed by atoms with Gasteiger partial charge in [-0.05, 0) is 6.92 Å². The van der Waals surface area contributed by atoms with Crippen molar-refractivity contribution in [2.24, 2.45) is 0 Å². The SMILES string of the molecule is CCn1cnc(NC)c1C(=O)NC. The second kappa shape index (κ2) is 3.93. The number of hydrogen-bond donors (Lipinski definition) is 2. The van der Waals surface area contributed by atoms with Crippen molar-refractivity contribution in [3.8, 4) is 0 Å². The van der Waals surface area contributed by atoms with Crippen molar-refractivity contribution in [3.63, 3.8) is 0 Å². The molecule has 13 heavy (non-hydrogen) atoms. The van der Waals surface area contributed by atoms with Gasteiger partial charge >= 0.3 is 0 Å². The Morgan fingerprint density at radius 2 is 2.31 bits per heavy atom. The van der Waals surface area contributed by atoms with Gasteiger partial charge in [0.2, 0.25) is 0 Å². The lowest BCUT2D eigenvalue weighted by molar-refractivity contribution is 0.0955. The second-order valence-corrected chi connectivity index (χ2v) is 2.56. The van der Waals surface area contributed by atoms with E-state index in [4.69, 9.17) is 0 Å². The average Bonchev–Trinajstić information content (AvgIpc) is 2.59. The third-order valence-electron chi connectivity index (χ3n) is 1.86. The van der Waals surface area contributed by atoms with Crippen LogP contribution >= 0.6 is 0 Å². The molecule has 0 spiro atoms. The van der Waals surface area contributed by atoms with Gasteiger partial charge in [0, 0.05) is 20.6 Å². The standard InChI is InChI=1S/C8H14N4O/c1-4-12-5-11-7(9-2)6(12)8(13)10-3/h5,9H,4H2,1-3H3,(H,10,13). The third kappa shape index (κ3) is 1.63. The highest BCUT2D eigenvalue weighted by Crippen LogP contribution is 2.12. The summed E-state index contributed by atoms with van der Waals surface area (Å²) in [4.78, 5) is 15.5. The predicted octanol–water partition coefficient (Wildman–Crippen LogP) is 0.304. The van der Waals surface area contributed by atoms with Crippen molar-refractivity contribution in [3.05, 3.63) is 12.0 Å². The topological polar surface area (TPSA) is 59.0 Å². The van der Waals surface area contributed by atoms with Crippen LogP contribution in [0.3, 0.4) is 0 Å². The summed E-state index contributed by atoms with van der Waals surface area (Å²) in [5.41, 5.74) is 0.576. The molecule has 0 saturated carbocycles. The number of rotatable bonds is 3. The summed E-state index contributed by atoms with van der Waals surface area (Å²) in [7, 11) is 3.35. The minimum atomic E-state index is -0.122. The Hall–Kier alpha value is -1.52. The molecule has 0 bridgehead atoms.